The lowest BCUT2D eigenvalue weighted by Crippen LogP contribution is -2.33. The third-order valence-electron chi connectivity index (χ3n) is 3.42. The first-order chi connectivity index (χ1) is 10.0. The van der Waals surface area contributed by atoms with Gasteiger partial charge in [-0.1, -0.05) is 0 Å². The number of methoxy groups -OCH3 is 1. The summed E-state index contributed by atoms with van der Waals surface area (Å²) in [5.41, 5.74) is -0.208. The second-order valence-electron chi connectivity index (χ2n) is 4.99. The zero-order valence-corrected chi connectivity index (χ0v) is 11.6. The first kappa shape index (κ1) is 15.2. The van der Waals surface area contributed by atoms with Crippen molar-refractivity contribution in [1.29, 1.82) is 0 Å². The van der Waals surface area contributed by atoms with Crippen LogP contribution in [0.15, 0.2) is 18.2 Å². The number of carboxylic acids is 1. The fourth-order valence-electron chi connectivity index (χ4n) is 2.36. The van der Waals surface area contributed by atoms with Crippen molar-refractivity contribution in [3.8, 4) is 0 Å². The van der Waals surface area contributed by atoms with E-state index < -0.39 is 17.3 Å². The number of benzene rings is 1. The number of anilines is 1. The largest absolute Gasteiger partial charge is 0.478 e. The monoisotopic (exact) mass is 296 g/mol. The van der Waals surface area contributed by atoms with Gasteiger partial charge in [0.05, 0.1) is 12.2 Å². The van der Waals surface area contributed by atoms with Gasteiger partial charge in [0.1, 0.15) is 5.82 Å². The number of amides is 2. The smallest absolute Gasteiger partial charge is 0.338 e. The van der Waals surface area contributed by atoms with Gasteiger partial charge < -0.3 is 20.1 Å². The molecule has 1 aromatic carbocycles. The molecule has 1 aliphatic heterocycles. The van der Waals surface area contributed by atoms with Gasteiger partial charge in [-0.05, 0) is 24.6 Å². The van der Waals surface area contributed by atoms with Crippen molar-refractivity contribution in [2.45, 2.75) is 6.42 Å². The molecule has 0 bridgehead atoms. The second-order valence-corrected chi connectivity index (χ2v) is 4.99. The van der Waals surface area contributed by atoms with Crippen LogP contribution in [0.25, 0.3) is 0 Å². The summed E-state index contributed by atoms with van der Waals surface area (Å²) in [5.74, 6) is -1.89. The number of likely N-dealkylation sites (tertiary alicyclic amines) is 1. The van der Waals surface area contributed by atoms with Gasteiger partial charge in [-0.15, -0.1) is 0 Å². The molecule has 2 rings (SSSR count). The van der Waals surface area contributed by atoms with Crippen LogP contribution in [0.2, 0.25) is 0 Å². The number of rotatable bonds is 4. The molecule has 114 valence electrons. The minimum Gasteiger partial charge on any atom is -0.478 e. The Kier molecular flexibility index (Phi) is 4.74. The number of hydrogen-bond acceptors (Lipinski definition) is 3. The Balaban J connectivity index is 2.00. The Hall–Kier alpha value is -2.15. The molecule has 0 radical (unpaired) electrons. The molecule has 0 aromatic heterocycles. The molecule has 1 saturated heterocycles. The van der Waals surface area contributed by atoms with Crippen LogP contribution in [-0.4, -0.2) is 48.8 Å². The summed E-state index contributed by atoms with van der Waals surface area (Å²) < 4.78 is 18.3. The summed E-state index contributed by atoms with van der Waals surface area (Å²) in [5, 5.41) is 11.4. The van der Waals surface area contributed by atoms with E-state index >= 15 is 0 Å². The van der Waals surface area contributed by atoms with Crippen LogP contribution in [0, 0.1) is 11.7 Å². The molecule has 1 fully saturated rings. The lowest BCUT2D eigenvalue weighted by atomic mass is 10.1. The number of carbonyl (C=O) groups is 2. The van der Waals surface area contributed by atoms with Gasteiger partial charge in [0.15, 0.2) is 0 Å². The van der Waals surface area contributed by atoms with Crippen LogP contribution in [0.1, 0.15) is 16.8 Å². The highest BCUT2D eigenvalue weighted by Crippen LogP contribution is 2.19. The summed E-state index contributed by atoms with van der Waals surface area (Å²) in [7, 11) is 1.62. The van der Waals surface area contributed by atoms with Crippen LogP contribution in [-0.2, 0) is 4.74 Å². The Labute approximate surface area is 121 Å². The van der Waals surface area contributed by atoms with E-state index in [9.17, 15) is 14.0 Å². The minimum atomic E-state index is -1.37. The van der Waals surface area contributed by atoms with Crippen LogP contribution >= 0.6 is 0 Å². The fraction of sp³-hybridized carbons (Fsp3) is 0.429. The van der Waals surface area contributed by atoms with Crippen LogP contribution in [0.3, 0.4) is 0 Å². The van der Waals surface area contributed by atoms with Gasteiger partial charge >= 0.3 is 12.0 Å². The molecule has 0 saturated carbocycles. The fourth-order valence-corrected chi connectivity index (χ4v) is 2.36. The molecule has 1 heterocycles. The van der Waals surface area contributed by atoms with Crippen LogP contribution in [0.5, 0.6) is 0 Å². The first-order valence-corrected chi connectivity index (χ1v) is 6.59. The molecular formula is C14H17FN2O4. The summed E-state index contributed by atoms with van der Waals surface area (Å²) >= 11 is 0. The van der Waals surface area contributed by atoms with E-state index in [4.69, 9.17) is 9.84 Å². The Morgan fingerprint density at radius 1 is 1.52 bits per heavy atom. The van der Waals surface area contributed by atoms with Gasteiger partial charge in [0.25, 0.3) is 0 Å². The second kappa shape index (κ2) is 6.53. The van der Waals surface area contributed by atoms with Gasteiger partial charge in [0.2, 0.25) is 0 Å². The van der Waals surface area contributed by atoms with E-state index in [0.717, 1.165) is 18.6 Å². The Bertz CT molecular complexity index is 550. The van der Waals surface area contributed by atoms with E-state index in [-0.39, 0.29) is 11.7 Å². The molecule has 1 aliphatic rings. The maximum absolute atomic E-state index is 13.3. The van der Waals surface area contributed by atoms with Crippen molar-refractivity contribution in [3.63, 3.8) is 0 Å². The predicted octanol–water partition coefficient (Wildman–Crippen LogP) is 2.02. The third-order valence-corrected chi connectivity index (χ3v) is 3.42. The maximum Gasteiger partial charge on any atom is 0.338 e. The molecular weight excluding hydrogens is 279 g/mol. The van der Waals surface area contributed by atoms with Gasteiger partial charge in [0, 0.05) is 31.8 Å². The number of ether oxygens (including phenoxy) is 1. The minimum absolute atomic E-state index is 0.258. The number of carbonyl (C=O) groups excluding carboxylic acids is 1. The van der Waals surface area contributed by atoms with E-state index in [0.29, 0.717) is 25.6 Å². The number of urea groups is 1. The highest BCUT2D eigenvalue weighted by atomic mass is 19.1. The Morgan fingerprint density at radius 3 is 2.95 bits per heavy atom. The van der Waals surface area contributed by atoms with Crippen molar-refractivity contribution in [1.82, 2.24) is 4.90 Å². The first-order valence-electron chi connectivity index (χ1n) is 6.59. The zero-order chi connectivity index (χ0) is 15.4. The molecule has 2 amide bonds. The van der Waals surface area contributed by atoms with Gasteiger partial charge in [-0.3, -0.25) is 0 Å². The number of nitrogens with one attached hydrogen (secondary N) is 1. The van der Waals surface area contributed by atoms with E-state index in [1.165, 1.54) is 6.07 Å². The molecule has 6 nitrogen and oxygen atoms in total. The SMILES string of the molecule is COCC1CCN(C(=O)Nc2ccc(F)c(C(=O)O)c2)C1. The molecule has 1 unspecified atom stereocenters. The number of hydrogen-bond donors (Lipinski definition) is 2. The summed E-state index contributed by atoms with van der Waals surface area (Å²) in [4.78, 5) is 24.5. The van der Waals surface area contributed by atoms with Gasteiger partial charge in [-0.25, -0.2) is 14.0 Å². The molecule has 0 aliphatic carbocycles. The Morgan fingerprint density at radius 2 is 2.29 bits per heavy atom. The summed E-state index contributed by atoms with van der Waals surface area (Å²) in [6.45, 7) is 1.81. The molecule has 7 heteroatoms. The summed E-state index contributed by atoms with van der Waals surface area (Å²) in [6, 6.07) is 3.15. The predicted molar refractivity (Wildman–Crippen MR) is 73.9 cm³/mol. The lowest BCUT2D eigenvalue weighted by Gasteiger charge is -2.17. The van der Waals surface area contributed by atoms with E-state index in [1.54, 1.807) is 12.0 Å². The van der Waals surface area contributed by atoms with Crippen molar-refractivity contribution >= 4 is 17.7 Å². The number of carboxylic acid groups (broad SMARTS) is 1. The number of nitrogens with zero attached hydrogens (tertiary/aromatic N) is 1. The molecule has 1 atom stereocenters. The average Bonchev–Trinajstić information content (AvgIpc) is 2.90. The zero-order valence-electron chi connectivity index (χ0n) is 11.6. The van der Waals surface area contributed by atoms with Crippen molar-refractivity contribution in [2.24, 2.45) is 5.92 Å². The topological polar surface area (TPSA) is 78.9 Å². The van der Waals surface area contributed by atoms with Crippen LogP contribution in [0.4, 0.5) is 14.9 Å². The maximum atomic E-state index is 13.3. The number of aromatic carboxylic acids is 1. The van der Waals surface area contributed by atoms with Gasteiger partial charge in [-0.2, -0.15) is 0 Å². The molecule has 1 aromatic rings. The molecule has 2 N–H and O–H groups in total. The highest BCUT2D eigenvalue weighted by Gasteiger charge is 2.26. The molecule has 21 heavy (non-hydrogen) atoms. The quantitative estimate of drug-likeness (QED) is 0.891. The summed E-state index contributed by atoms with van der Waals surface area (Å²) in [6.07, 6.45) is 0.866. The standard InChI is InChI=1S/C14H17FN2O4/c1-21-8-9-4-5-17(7-9)14(20)16-10-2-3-12(15)11(6-10)13(18)19/h2-3,6,9H,4-5,7-8H2,1H3,(H,16,20)(H,18,19). The highest BCUT2D eigenvalue weighted by molar-refractivity contribution is 5.93. The molecule has 0 spiro atoms. The normalized spacial score (nSPS) is 17.8. The van der Waals surface area contributed by atoms with Crippen molar-refractivity contribution < 1.29 is 23.8 Å². The van der Waals surface area contributed by atoms with Crippen molar-refractivity contribution in [3.05, 3.63) is 29.6 Å². The van der Waals surface area contributed by atoms with Crippen LogP contribution < -0.4 is 5.32 Å². The van der Waals surface area contributed by atoms with Crippen molar-refractivity contribution in [2.75, 3.05) is 32.1 Å². The number of halogens is 1. The van der Waals surface area contributed by atoms with E-state index in [1.807, 2.05) is 0 Å². The average molecular weight is 296 g/mol. The lowest BCUT2D eigenvalue weighted by molar-refractivity contribution is 0.0692. The third kappa shape index (κ3) is 3.69. The van der Waals surface area contributed by atoms with E-state index in [2.05, 4.69) is 5.32 Å².